The van der Waals surface area contributed by atoms with E-state index in [4.69, 9.17) is 10.00 Å². The summed E-state index contributed by atoms with van der Waals surface area (Å²) in [6, 6.07) is 12.4. The number of nitrogens with one attached hydrogen (secondary N) is 2. The number of unbranched alkanes of at least 4 members (excludes halogenated alkanes) is 1. The molecule has 40 heavy (non-hydrogen) atoms. The number of benzene rings is 2. The van der Waals surface area contributed by atoms with Gasteiger partial charge in [0.2, 0.25) is 0 Å². The number of nitriles is 1. The van der Waals surface area contributed by atoms with Gasteiger partial charge in [-0.3, -0.25) is 5.10 Å². The molecule has 1 aliphatic heterocycles. The van der Waals surface area contributed by atoms with Crippen LogP contribution < -0.4 is 15.0 Å². The third-order valence-corrected chi connectivity index (χ3v) is 6.62. The number of aromatic amines is 1. The third-order valence-electron chi connectivity index (χ3n) is 6.62. The smallest absolute Gasteiger partial charge is 0.406 e. The third kappa shape index (κ3) is 7.05. The topological polar surface area (TPSA) is 112 Å². The van der Waals surface area contributed by atoms with Gasteiger partial charge in [0, 0.05) is 42.9 Å². The average Bonchev–Trinajstić information content (AvgIpc) is 3.37. The molecular weight excluding hydrogens is 523 g/mol. The summed E-state index contributed by atoms with van der Waals surface area (Å²) in [6.45, 7) is 3.28. The number of nitrogens with zero attached hydrogens (tertiary/aromatic N) is 5. The van der Waals surface area contributed by atoms with Gasteiger partial charge in [-0.15, -0.1) is 13.2 Å². The van der Waals surface area contributed by atoms with Crippen LogP contribution in [0.5, 0.6) is 5.75 Å². The van der Waals surface area contributed by atoms with Crippen molar-refractivity contribution in [3.8, 4) is 22.9 Å². The minimum absolute atomic E-state index is 0.0125. The Balaban J connectivity index is 1.04. The molecule has 0 amide bonds. The lowest BCUT2D eigenvalue weighted by molar-refractivity contribution is -0.274. The van der Waals surface area contributed by atoms with Gasteiger partial charge in [-0.25, -0.2) is 0 Å². The highest BCUT2D eigenvalue weighted by Crippen LogP contribution is 2.34. The number of fused-ring (bicyclic) bond motifs is 1. The molecule has 12 heteroatoms. The maximum atomic E-state index is 12.6. The van der Waals surface area contributed by atoms with Gasteiger partial charge in [0.15, 0.2) is 0 Å². The zero-order valence-electron chi connectivity index (χ0n) is 21.6. The second-order valence-electron chi connectivity index (χ2n) is 9.61. The van der Waals surface area contributed by atoms with Crippen LogP contribution in [0.3, 0.4) is 0 Å². The number of halogens is 3. The zero-order chi connectivity index (χ0) is 28.0. The summed E-state index contributed by atoms with van der Waals surface area (Å²) in [7, 11) is 0. The van der Waals surface area contributed by atoms with Crippen molar-refractivity contribution in [2.24, 2.45) is 0 Å². The Kier molecular flexibility index (Phi) is 8.42. The minimum Gasteiger partial charge on any atom is -0.406 e. The Morgan fingerprint density at radius 3 is 2.67 bits per heavy atom. The Hall–Kier alpha value is -4.21. The summed E-state index contributed by atoms with van der Waals surface area (Å²) in [5, 5.41) is 28.3. The fourth-order valence-corrected chi connectivity index (χ4v) is 4.71. The molecular formula is C28H28F3N7O2. The standard InChI is InChI=1S/C28H28F3N7O2/c29-28(30,31)40-23-10-19(3-5-32)9-20(11-23)14-33-6-1-2-8-39-24-17-38(18-24)27-13-22(21-4-7-34-35-15-21)12-26-25(27)16-36-37-26/h4,7,9-13,15-16,24,33H,1-3,6,8,14,17-18H2,(H,36,37). The molecule has 0 saturated carbocycles. The first-order valence-electron chi connectivity index (χ1n) is 12.9. The van der Waals surface area contributed by atoms with Gasteiger partial charge in [-0.1, -0.05) is 6.07 Å². The molecule has 3 heterocycles. The number of ether oxygens (including phenoxy) is 2. The maximum absolute atomic E-state index is 12.6. The van der Waals surface area contributed by atoms with Crippen molar-refractivity contribution < 1.29 is 22.6 Å². The Bertz CT molecular complexity index is 1460. The van der Waals surface area contributed by atoms with E-state index in [1.165, 1.54) is 12.1 Å². The van der Waals surface area contributed by atoms with Crippen LogP contribution >= 0.6 is 0 Å². The summed E-state index contributed by atoms with van der Waals surface area (Å²) < 4.78 is 47.9. The Morgan fingerprint density at radius 2 is 1.90 bits per heavy atom. The molecule has 0 bridgehead atoms. The van der Waals surface area contributed by atoms with Crippen LogP contribution in [0.1, 0.15) is 24.0 Å². The van der Waals surface area contributed by atoms with E-state index in [-0.39, 0.29) is 18.3 Å². The molecule has 4 aromatic rings. The molecule has 0 spiro atoms. The molecule has 1 saturated heterocycles. The van der Waals surface area contributed by atoms with E-state index in [0.717, 1.165) is 53.6 Å². The molecule has 0 radical (unpaired) electrons. The van der Waals surface area contributed by atoms with Crippen molar-refractivity contribution in [2.75, 3.05) is 31.1 Å². The molecule has 2 aromatic heterocycles. The van der Waals surface area contributed by atoms with E-state index in [1.807, 2.05) is 18.3 Å². The van der Waals surface area contributed by atoms with Crippen molar-refractivity contribution in [3.63, 3.8) is 0 Å². The van der Waals surface area contributed by atoms with E-state index in [1.54, 1.807) is 18.5 Å². The van der Waals surface area contributed by atoms with E-state index in [0.29, 0.717) is 30.8 Å². The number of H-pyrrole nitrogens is 1. The molecule has 1 aliphatic rings. The molecule has 5 rings (SSSR count). The summed E-state index contributed by atoms with van der Waals surface area (Å²) in [6.07, 6.45) is 2.35. The van der Waals surface area contributed by atoms with Crippen molar-refractivity contribution in [1.29, 1.82) is 5.26 Å². The highest BCUT2D eigenvalue weighted by atomic mass is 19.4. The first kappa shape index (κ1) is 27.4. The zero-order valence-corrected chi connectivity index (χ0v) is 21.6. The summed E-state index contributed by atoms with van der Waals surface area (Å²) in [5.74, 6) is -0.311. The van der Waals surface area contributed by atoms with Crippen LogP contribution in [0.25, 0.3) is 22.0 Å². The van der Waals surface area contributed by atoms with Gasteiger partial charge in [0.05, 0.1) is 42.7 Å². The molecule has 208 valence electrons. The quantitative estimate of drug-likeness (QED) is 0.243. The van der Waals surface area contributed by atoms with Crippen LogP contribution in [0, 0.1) is 11.3 Å². The lowest BCUT2D eigenvalue weighted by atomic mass is 10.0. The summed E-state index contributed by atoms with van der Waals surface area (Å²) in [4.78, 5) is 2.28. The lowest BCUT2D eigenvalue weighted by Crippen LogP contribution is -2.52. The average molecular weight is 552 g/mol. The van der Waals surface area contributed by atoms with Crippen LogP contribution in [0.2, 0.25) is 0 Å². The lowest BCUT2D eigenvalue weighted by Gasteiger charge is -2.41. The molecule has 0 atom stereocenters. The summed E-state index contributed by atoms with van der Waals surface area (Å²) >= 11 is 0. The summed E-state index contributed by atoms with van der Waals surface area (Å²) in [5.41, 5.74) is 5.21. The highest BCUT2D eigenvalue weighted by Gasteiger charge is 2.31. The number of aromatic nitrogens is 4. The number of hydrogen-bond donors (Lipinski definition) is 2. The van der Waals surface area contributed by atoms with Gasteiger partial charge in [0.1, 0.15) is 5.75 Å². The van der Waals surface area contributed by atoms with Crippen LogP contribution in [0.4, 0.5) is 18.9 Å². The van der Waals surface area contributed by atoms with E-state index in [9.17, 15) is 13.2 Å². The van der Waals surface area contributed by atoms with Gasteiger partial charge in [-0.05, 0) is 66.4 Å². The van der Waals surface area contributed by atoms with E-state index < -0.39 is 6.36 Å². The van der Waals surface area contributed by atoms with Gasteiger partial charge >= 0.3 is 6.36 Å². The Morgan fingerprint density at radius 1 is 1.05 bits per heavy atom. The van der Waals surface area contributed by atoms with Crippen molar-refractivity contribution in [3.05, 3.63) is 66.1 Å². The predicted molar refractivity (Wildman–Crippen MR) is 142 cm³/mol. The van der Waals surface area contributed by atoms with Gasteiger partial charge in [-0.2, -0.15) is 20.6 Å². The first-order chi connectivity index (χ1) is 19.4. The number of alkyl halides is 3. The predicted octanol–water partition coefficient (Wildman–Crippen LogP) is 4.76. The normalized spacial score (nSPS) is 13.8. The van der Waals surface area contributed by atoms with E-state index in [2.05, 4.69) is 47.5 Å². The van der Waals surface area contributed by atoms with Crippen LogP contribution in [0.15, 0.2) is 55.0 Å². The second-order valence-corrected chi connectivity index (χ2v) is 9.61. The largest absolute Gasteiger partial charge is 0.573 e. The fraction of sp³-hybridized carbons (Fsp3) is 0.357. The first-order valence-corrected chi connectivity index (χ1v) is 12.9. The van der Waals surface area contributed by atoms with Gasteiger partial charge < -0.3 is 19.7 Å². The van der Waals surface area contributed by atoms with Crippen molar-refractivity contribution in [1.82, 2.24) is 25.7 Å². The molecule has 0 aliphatic carbocycles. The maximum Gasteiger partial charge on any atom is 0.573 e. The molecule has 0 unspecified atom stereocenters. The molecule has 1 fully saturated rings. The number of anilines is 1. The second kappa shape index (κ2) is 12.3. The minimum atomic E-state index is -4.78. The van der Waals surface area contributed by atoms with Crippen molar-refractivity contribution in [2.45, 2.75) is 38.3 Å². The molecule has 2 N–H and O–H groups in total. The molecule has 9 nitrogen and oxygen atoms in total. The van der Waals surface area contributed by atoms with Crippen molar-refractivity contribution >= 4 is 16.6 Å². The van der Waals surface area contributed by atoms with Crippen LogP contribution in [-0.2, 0) is 17.7 Å². The monoisotopic (exact) mass is 551 g/mol. The SMILES string of the molecule is N#CCc1cc(CNCCCCOC2CN(c3cc(-c4ccnnc4)cc4[nH]ncc34)C2)cc(OC(F)(F)F)c1. The van der Waals surface area contributed by atoms with E-state index >= 15 is 0 Å². The van der Waals surface area contributed by atoms with Gasteiger partial charge in [0.25, 0.3) is 0 Å². The Labute approximate surface area is 228 Å². The highest BCUT2D eigenvalue weighted by molar-refractivity contribution is 5.96. The number of hydrogen-bond acceptors (Lipinski definition) is 8. The molecule has 2 aromatic carbocycles. The fourth-order valence-electron chi connectivity index (χ4n) is 4.71. The van der Waals surface area contributed by atoms with Crippen LogP contribution in [-0.4, -0.2) is 59.1 Å². The number of rotatable bonds is 12.